The van der Waals surface area contributed by atoms with Crippen molar-refractivity contribution in [2.24, 2.45) is 0 Å². The minimum absolute atomic E-state index is 0. The predicted molar refractivity (Wildman–Crippen MR) is 44.4 cm³/mol. The van der Waals surface area contributed by atoms with E-state index in [0.29, 0.717) is 6.04 Å². The Labute approximate surface area is 95.0 Å². The first-order chi connectivity index (χ1) is 4.84. The topological polar surface area (TPSA) is 17.3 Å². The van der Waals surface area contributed by atoms with Gasteiger partial charge in [0.25, 0.3) is 0 Å². The third-order valence-electron chi connectivity index (χ3n) is 2.07. The van der Waals surface area contributed by atoms with E-state index in [4.69, 9.17) is 0 Å². The molecule has 0 aliphatic carbocycles. The van der Waals surface area contributed by atoms with Crippen molar-refractivity contribution in [2.75, 3.05) is 26.2 Å². The van der Waals surface area contributed by atoms with Gasteiger partial charge in [-0.05, 0) is 25.6 Å². The number of nitrogens with zero attached hydrogens (tertiary/aromatic N) is 2. The molecule has 1 heterocycles. The van der Waals surface area contributed by atoms with Crippen LogP contribution in [-0.4, -0.2) is 37.1 Å². The Morgan fingerprint density at radius 1 is 1.55 bits per heavy atom. The fourth-order valence-electron chi connectivity index (χ4n) is 1.43. The smallest absolute Gasteiger partial charge is 0 e. The van der Waals surface area contributed by atoms with Crippen LogP contribution in [0.25, 0.3) is 5.32 Å². The van der Waals surface area contributed by atoms with E-state index in [0.717, 1.165) is 13.1 Å². The second-order valence-electron chi connectivity index (χ2n) is 3.01. The van der Waals surface area contributed by atoms with Crippen LogP contribution in [0.5, 0.6) is 0 Å². The van der Waals surface area contributed by atoms with Gasteiger partial charge in [0.15, 0.2) is 0 Å². The molecule has 63 valence electrons. The molecule has 3 heteroatoms. The Morgan fingerprint density at radius 3 is 2.82 bits per heavy atom. The maximum absolute atomic E-state index is 4.35. The van der Waals surface area contributed by atoms with Gasteiger partial charge in [-0.15, -0.1) is 13.1 Å². The van der Waals surface area contributed by atoms with Gasteiger partial charge in [0.05, 0.1) is 0 Å². The molecule has 1 aliphatic heterocycles. The molecule has 1 fully saturated rings. The molecule has 1 radical (unpaired) electrons. The molecule has 0 saturated carbocycles. The van der Waals surface area contributed by atoms with Gasteiger partial charge in [-0.2, -0.15) is 0 Å². The Hall–Kier alpha value is 1.02. The summed E-state index contributed by atoms with van der Waals surface area (Å²) < 4.78 is 0. The van der Waals surface area contributed by atoms with E-state index in [1.165, 1.54) is 19.5 Å². The fraction of sp³-hybridized carbons (Fsp3) is 1.00. The average Bonchev–Trinajstić information content (AvgIpc) is 1.94. The number of hydrogen-bond donors (Lipinski definition) is 0. The molecule has 1 saturated heterocycles. The summed E-state index contributed by atoms with van der Waals surface area (Å²) in [7, 11) is 0. The summed E-state index contributed by atoms with van der Waals surface area (Å²) in [6.07, 6.45) is 1.27. The monoisotopic (exact) mass is 230 g/mol. The molecule has 1 atom stereocenters. The van der Waals surface area contributed by atoms with E-state index in [2.05, 4.69) is 24.1 Å². The van der Waals surface area contributed by atoms with Gasteiger partial charge >= 0.3 is 0 Å². The van der Waals surface area contributed by atoms with E-state index in [9.17, 15) is 0 Å². The molecule has 11 heavy (non-hydrogen) atoms. The summed E-state index contributed by atoms with van der Waals surface area (Å²) in [4.78, 5) is 2.52. The third kappa shape index (κ3) is 3.98. The maximum Gasteiger partial charge on any atom is 0 e. The van der Waals surface area contributed by atoms with Crippen LogP contribution in [0.2, 0.25) is 0 Å². The van der Waals surface area contributed by atoms with E-state index in [-0.39, 0.29) is 32.7 Å². The average molecular weight is 230 g/mol. The molecule has 0 bridgehead atoms. The molecule has 2 nitrogen and oxygen atoms in total. The maximum atomic E-state index is 4.35. The molecule has 1 aliphatic rings. The van der Waals surface area contributed by atoms with Crippen LogP contribution < -0.4 is 0 Å². The first-order valence-electron chi connectivity index (χ1n) is 4.22. The minimum Gasteiger partial charge on any atom is -0.660 e. The Morgan fingerprint density at radius 2 is 2.27 bits per heavy atom. The van der Waals surface area contributed by atoms with Crippen LogP contribution in [0, 0.1) is 0 Å². The SMILES string of the molecule is CCCN1CC[N-]CC1C.[Y]. The molecular formula is C8H17N2Y-. The normalized spacial score (nSPS) is 26.2. The Kier molecular flexibility index (Phi) is 7.14. The van der Waals surface area contributed by atoms with Crippen molar-refractivity contribution in [3.63, 3.8) is 0 Å². The van der Waals surface area contributed by atoms with Crippen LogP contribution >= 0.6 is 0 Å². The van der Waals surface area contributed by atoms with E-state index in [1.807, 2.05) is 0 Å². The first-order valence-corrected chi connectivity index (χ1v) is 4.22. The minimum atomic E-state index is 0. The van der Waals surface area contributed by atoms with Gasteiger partial charge in [0, 0.05) is 32.7 Å². The fourth-order valence-corrected chi connectivity index (χ4v) is 1.43. The van der Waals surface area contributed by atoms with Gasteiger partial charge in [0.2, 0.25) is 0 Å². The van der Waals surface area contributed by atoms with Crippen molar-refractivity contribution >= 4 is 0 Å². The summed E-state index contributed by atoms with van der Waals surface area (Å²) >= 11 is 0. The molecule has 0 aromatic rings. The molecule has 1 rings (SSSR count). The predicted octanol–water partition coefficient (Wildman–Crippen LogP) is 1.47. The van der Waals surface area contributed by atoms with Gasteiger partial charge in [-0.3, -0.25) is 0 Å². The van der Waals surface area contributed by atoms with Crippen LogP contribution in [-0.2, 0) is 32.7 Å². The molecular weight excluding hydrogens is 213 g/mol. The summed E-state index contributed by atoms with van der Waals surface area (Å²) in [5, 5.41) is 4.35. The number of hydrogen-bond acceptors (Lipinski definition) is 1. The van der Waals surface area contributed by atoms with Crippen molar-refractivity contribution in [1.82, 2.24) is 4.90 Å². The van der Waals surface area contributed by atoms with Gasteiger partial charge < -0.3 is 10.2 Å². The van der Waals surface area contributed by atoms with Gasteiger partial charge in [-0.1, -0.05) is 13.8 Å². The number of piperazine rings is 1. The van der Waals surface area contributed by atoms with Crippen LogP contribution in [0.15, 0.2) is 0 Å². The molecule has 0 spiro atoms. The molecule has 1 unspecified atom stereocenters. The second kappa shape index (κ2) is 6.53. The molecule has 0 aromatic heterocycles. The Balaban J connectivity index is 0.000001000. The van der Waals surface area contributed by atoms with Crippen LogP contribution in [0.4, 0.5) is 0 Å². The molecule has 0 aromatic carbocycles. The zero-order valence-corrected chi connectivity index (χ0v) is 10.4. The zero-order chi connectivity index (χ0) is 7.40. The quantitative estimate of drug-likeness (QED) is 0.702. The zero-order valence-electron chi connectivity index (χ0n) is 7.58. The summed E-state index contributed by atoms with van der Waals surface area (Å²) in [5.74, 6) is 0. The van der Waals surface area contributed by atoms with Crippen molar-refractivity contribution in [3.8, 4) is 0 Å². The van der Waals surface area contributed by atoms with Crippen LogP contribution in [0.1, 0.15) is 20.3 Å². The van der Waals surface area contributed by atoms with Gasteiger partial charge in [-0.25, -0.2) is 0 Å². The third-order valence-corrected chi connectivity index (χ3v) is 2.07. The largest absolute Gasteiger partial charge is 0.660 e. The first kappa shape index (κ1) is 12.0. The molecule has 0 amide bonds. The second-order valence-corrected chi connectivity index (χ2v) is 3.01. The van der Waals surface area contributed by atoms with Crippen molar-refractivity contribution in [1.29, 1.82) is 0 Å². The van der Waals surface area contributed by atoms with E-state index in [1.54, 1.807) is 0 Å². The number of rotatable bonds is 2. The summed E-state index contributed by atoms with van der Waals surface area (Å²) in [5.41, 5.74) is 0. The standard InChI is InChI=1S/C8H17N2.Y/c1-3-5-10-6-4-9-7-8(10)2;/h8H,3-7H2,1-2H3;/q-1;. The van der Waals surface area contributed by atoms with Crippen molar-refractivity contribution < 1.29 is 32.7 Å². The van der Waals surface area contributed by atoms with Crippen molar-refractivity contribution in [2.45, 2.75) is 26.3 Å². The molecule has 0 N–H and O–H groups in total. The van der Waals surface area contributed by atoms with Crippen molar-refractivity contribution in [3.05, 3.63) is 5.32 Å². The van der Waals surface area contributed by atoms with E-state index >= 15 is 0 Å². The summed E-state index contributed by atoms with van der Waals surface area (Å²) in [6.45, 7) is 9.01. The van der Waals surface area contributed by atoms with Crippen LogP contribution in [0.3, 0.4) is 0 Å². The van der Waals surface area contributed by atoms with Gasteiger partial charge in [0.1, 0.15) is 0 Å². The Bertz CT molecular complexity index is 96.1. The van der Waals surface area contributed by atoms with E-state index < -0.39 is 0 Å². The summed E-state index contributed by atoms with van der Waals surface area (Å²) in [6, 6.07) is 0.689.